The Hall–Kier alpha value is -5.66. The third-order valence-electron chi connectivity index (χ3n) is 8.84. The standard InChI is InChI=1S/C42H26O/c1-2-12-28(13-3-1)32-19-10-20-38-33-24-23-31(26-39(33)43-42(32)38)41-36-17-8-6-15-34(36)40(35-16-7-9-18-37(35)41)30-22-21-27-11-4-5-14-29(27)25-30/h1-26H. The molecule has 0 amide bonds. The average molecular weight is 547 g/mol. The Morgan fingerprint density at radius 1 is 0.326 bits per heavy atom. The van der Waals surface area contributed by atoms with Gasteiger partial charge in [0, 0.05) is 16.3 Å². The molecule has 9 aromatic rings. The van der Waals surface area contributed by atoms with Crippen molar-refractivity contribution in [3.8, 4) is 33.4 Å². The Morgan fingerprint density at radius 2 is 0.884 bits per heavy atom. The molecule has 1 nitrogen and oxygen atoms in total. The quantitative estimate of drug-likeness (QED) is 0.201. The minimum atomic E-state index is 0.905. The van der Waals surface area contributed by atoms with Crippen molar-refractivity contribution in [2.45, 2.75) is 0 Å². The summed E-state index contributed by atoms with van der Waals surface area (Å²) in [5.41, 5.74) is 9.02. The normalized spacial score (nSPS) is 11.7. The van der Waals surface area contributed by atoms with Gasteiger partial charge in [-0.05, 0) is 78.3 Å². The molecule has 0 unspecified atom stereocenters. The highest BCUT2D eigenvalue weighted by Crippen LogP contribution is 2.45. The monoisotopic (exact) mass is 546 g/mol. The second-order valence-corrected chi connectivity index (χ2v) is 11.3. The van der Waals surface area contributed by atoms with Crippen LogP contribution in [-0.2, 0) is 0 Å². The summed E-state index contributed by atoms with van der Waals surface area (Å²) in [7, 11) is 0. The third-order valence-corrected chi connectivity index (χ3v) is 8.84. The molecule has 1 heterocycles. The molecule has 0 N–H and O–H groups in total. The van der Waals surface area contributed by atoms with Crippen molar-refractivity contribution in [3.05, 3.63) is 158 Å². The number of hydrogen-bond donors (Lipinski definition) is 0. The molecule has 0 atom stereocenters. The zero-order chi connectivity index (χ0) is 28.3. The predicted molar refractivity (Wildman–Crippen MR) is 183 cm³/mol. The molecule has 0 fully saturated rings. The van der Waals surface area contributed by atoms with E-state index in [1.165, 1.54) is 49.0 Å². The van der Waals surface area contributed by atoms with Gasteiger partial charge in [-0.1, -0.05) is 140 Å². The smallest absolute Gasteiger partial charge is 0.143 e. The summed E-state index contributed by atoms with van der Waals surface area (Å²) in [6, 6.07) is 56.7. The first-order valence-electron chi connectivity index (χ1n) is 14.8. The van der Waals surface area contributed by atoms with E-state index in [0.717, 1.165) is 38.6 Å². The first-order valence-corrected chi connectivity index (χ1v) is 14.8. The van der Waals surface area contributed by atoms with Gasteiger partial charge >= 0.3 is 0 Å². The van der Waals surface area contributed by atoms with Crippen LogP contribution in [0, 0.1) is 0 Å². The summed E-state index contributed by atoms with van der Waals surface area (Å²) in [6.07, 6.45) is 0. The highest BCUT2D eigenvalue weighted by atomic mass is 16.3. The van der Waals surface area contributed by atoms with Crippen molar-refractivity contribution in [3.63, 3.8) is 0 Å². The first-order chi connectivity index (χ1) is 21.3. The van der Waals surface area contributed by atoms with Crippen LogP contribution in [-0.4, -0.2) is 0 Å². The van der Waals surface area contributed by atoms with Crippen molar-refractivity contribution in [2.75, 3.05) is 0 Å². The molecule has 0 saturated carbocycles. The maximum Gasteiger partial charge on any atom is 0.143 e. The lowest BCUT2D eigenvalue weighted by atomic mass is 9.85. The average Bonchev–Trinajstić information content (AvgIpc) is 3.45. The lowest BCUT2D eigenvalue weighted by Crippen LogP contribution is -1.90. The molecular formula is C42H26O. The van der Waals surface area contributed by atoms with Crippen molar-refractivity contribution < 1.29 is 4.42 Å². The molecule has 1 aromatic heterocycles. The maximum atomic E-state index is 6.66. The van der Waals surface area contributed by atoms with Gasteiger partial charge in [0.15, 0.2) is 0 Å². The van der Waals surface area contributed by atoms with Gasteiger partial charge in [-0.15, -0.1) is 0 Å². The number of furan rings is 1. The SMILES string of the molecule is c1ccc(-c2cccc3c2oc2cc(-c4c5ccccc5c(-c5ccc6ccccc6c5)c5ccccc45)ccc23)cc1. The van der Waals surface area contributed by atoms with Crippen molar-refractivity contribution in [1.29, 1.82) is 0 Å². The van der Waals surface area contributed by atoms with E-state index >= 15 is 0 Å². The summed E-state index contributed by atoms with van der Waals surface area (Å²) in [4.78, 5) is 0. The van der Waals surface area contributed by atoms with E-state index in [1.54, 1.807) is 0 Å². The van der Waals surface area contributed by atoms with Crippen molar-refractivity contribution in [2.24, 2.45) is 0 Å². The van der Waals surface area contributed by atoms with Gasteiger partial charge in [0.25, 0.3) is 0 Å². The molecule has 0 aliphatic heterocycles. The molecule has 0 radical (unpaired) electrons. The molecular weight excluding hydrogens is 520 g/mol. The summed E-state index contributed by atoms with van der Waals surface area (Å²) in [5.74, 6) is 0. The minimum absolute atomic E-state index is 0.905. The van der Waals surface area contributed by atoms with E-state index in [0.29, 0.717) is 0 Å². The Bertz CT molecular complexity index is 2440. The molecule has 0 saturated heterocycles. The van der Waals surface area contributed by atoms with E-state index in [1.807, 2.05) is 0 Å². The Morgan fingerprint density at radius 3 is 1.58 bits per heavy atom. The van der Waals surface area contributed by atoms with Crippen LogP contribution in [0.15, 0.2) is 162 Å². The van der Waals surface area contributed by atoms with Crippen LogP contribution in [0.4, 0.5) is 0 Å². The molecule has 43 heavy (non-hydrogen) atoms. The third kappa shape index (κ3) is 3.72. The lowest BCUT2D eigenvalue weighted by Gasteiger charge is -2.18. The zero-order valence-corrected chi connectivity index (χ0v) is 23.4. The van der Waals surface area contributed by atoms with Crippen LogP contribution < -0.4 is 0 Å². The van der Waals surface area contributed by atoms with E-state index in [9.17, 15) is 0 Å². The van der Waals surface area contributed by atoms with Gasteiger partial charge in [0.1, 0.15) is 11.2 Å². The van der Waals surface area contributed by atoms with Crippen LogP contribution in [0.25, 0.3) is 87.6 Å². The van der Waals surface area contributed by atoms with Gasteiger partial charge in [0.05, 0.1) is 0 Å². The minimum Gasteiger partial charge on any atom is -0.455 e. The van der Waals surface area contributed by atoms with E-state index in [4.69, 9.17) is 4.42 Å². The van der Waals surface area contributed by atoms with Crippen LogP contribution in [0.2, 0.25) is 0 Å². The van der Waals surface area contributed by atoms with Gasteiger partial charge in [-0.25, -0.2) is 0 Å². The van der Waals surface area contributed by atoms with Crippen molar-refractivity contribution >= 4 is 54.3 Å². The fourth-order valence-corrected chi connectivity index (χ4v) is 6.89. The van der Waals surface area contributed by atoms with Crippen LogP contribution in [0.1, 0.15) is 0 Å². The Kier molecular flexibility index (Phi) is 5.27. The largest absolute Gasteiger partial charge is 0.455 e. The molecule has 9 rings (SSSR count). The van der Waals surface area contributed by atoms with E-state index in [2.05, 4.69) is 158 Å². The zero-order valence-electron chi connectivity index (χ0n) is 23.4. The lowest BCUT2D eigenvalue weighted by molar-refractivity contribution is 0.670. The van der Waals surface area contributed by atoms with Gasteiger partial charge in [-0.3, -0.25) is 0 Å². The molecule has 1 heteroatoms. The van der Waals surface area contributed by atoms with Crippen molar-refractivity contribution in [1.82, 2.24) is 0 Å². The second kappa shape index (κ2) is 9.44. The fourth-order valence-electron chi connectivity index (χ4n) is 6.89. The maximum absolute atomic E-state index is 6.66. The van der Waals surface area contributed by atoms with Crippen LogP contribution in [0.5, 0.6) is 0 Å². The highest BCUT2D eigenvalue weighted by molar-refractivity contribution is 6.22. The summed E-state index contributed by atoms with van der Waals surface area (Å²) < 4.78 is 6.66. The van der Waals surface area contributed by atoms with Gasteiger partial charge in [0.2, 0.25) is 0 Å². The molecule has 0 aliphatic rings. The summed E-state index contributed by atoms with van der Waals surface area (Å²) in [6.45, 7) is 0. The van der Waals surface area contributed by atoms with Crippen LogP contribution in [0.3, 0.4) is 0 Å². The summed E-state index contributed by atoms with van der Waals surface area (Å²) in [5, 5.41) is 9.77. The molecule has 200 valence electrons. The Balaban J connectivity index is 1.32. The van der Waals surface area contributed by atoms with Gasteiger partial charge < -0.3 is 4.42 Å². The number of rotatable bonds is 3. The fraction of sp³-hybridized carbons (Fsp3) is 0. The van der Waals surface area contributed by atoms with E-state index in [-0.39, 0.29) is 0 Å². The van der Waals surface area contributed by atoms with E-state index < -0.39 is 0 Å². The summed E-state index contributed by atoms with van der Waals surface area (Å²) >= 11 is 0. The molecule has 8 aromatic carbocycles. The molecule has 0 aliphatic carbocycles. The number of hydrogen-bond acceptors (Lipinski definition) is 1. The number of fused-ring (bicyclic) bond motifs is 6. The molecule has 0 bridgehead atoms. The molecule has 0 spiro atoms. The highest BCUT2D eigenvalue weighted by Gasteiger charge is 2.18. The number of benzene rings is 8. The first kappa shape index (κ1) is 24.0. The van der Waals surface area contributed by atoms with Crippen LogP contribution >= 0.6 is 0 Å². The van der Waals surface area contributed by atoms with Gasteiger partial charge in [-0.2, -0.15) is 0 Å². The Labute approximate surface area is 249 Å². The topological polar surface area (TPSA) is 13.1 Å². The number of para-hydroxylation sites is 1. The predicted octanol–water partition coefficient (Wildman–Crippen LogP) is 12.0. The second-order valence-electron chi connectivity index (χ2n) is 11.3.